The average Bonchev–Trinajstić information content (AvgIpc) is 2.31. The molecule has 17 heavy (non-hydrogen) atoms. The average molecular weight is 244 g/mol. The third-order valence-corrected chi connectivity index (χ3v) is 1.99. The number of hydrogen-bond donors (Lipinski definition) is 1. The molecular weight excluding hydrogens is 232 g/mol. The number of aliphatic imine (C=N–C) groups is 1. The van der Waals surface area contributed by atoms with Crippen molar-refractivity contribution in [1.29, 1.82) is 0 Å². The van der Waals surface area contributed by atoms with Crippen LogP contribution < -0.4 is 5.32 Å². The van der Waals surface area contributed by atoms with E-state index in [1.165, 1.54) is 6.92 Å². The van der Waals surface area contributed by atoms with Crippen LogP contribution in [0.15, 0.2) is 29.3 Å². The zero-order valence-electron chi connectivity index (χ0n) is 9.49. The lowest BCUT2D eigenvalue weighted by molar-refractivity contribution is -0.118. The summed E-state index contributed by atoms with van der Waals surface area (Å²) in [6, 6.07) is 7.40. The molecule has 0 unspecified atom stereocenters. The maximum absolute atomic E-state index is 10.6. The molecule has 0 aliphatic heterocycles. The van der Waals surface area contributed by atoms with E-state index in [0.29, 0.717) is 13.0 Å². The highest BCUT2D eigenvalue weighted by Crippen LogP contribution is 2.11. The molecule has 1 rings (SSSR count). The van der Waals surface area contributed by atoms with Crippen molar-refractivity contribution in [1.82, 2.24) is 5.32 Å². The van der Waals surface area contributed by atoms with E-state index in [4.69, 9.17) is 0 Å². The molecule has 0 aromatic heterocycles. The minimum atomic E-state index is -0.0332. The van der Waals surface area contributed by atoms with Gasteiger partial charge < -0.3 is 5.32 Å². The van der Waals surface area contributed by atoms with Crippen LogP contribution in [0, 0.1) is 11.8 Å². The minimum Gasteiger partial charge on any atom is -0.355 e. The van der Waals surface area contributed by atoms with Crippen molar-refractivity contribution < 1.29 is 4.79 Å². The standard InChI is InChI=1S/C13H12N2OS/c1-11(16)14-9-3-2-4-12-5-7-13(8-6-12)15-10-17/h5-8H,3,9H2,1H3,(H,14,16). The summed E-state index contributed by atoms with van der Waals surface area (Å²) in [6.07, 6.45) is 0.638. The normalized spacial score (nSPS) is 8.53. The molecule has 1 aromatic rings. The van der Waals surface area contributed by atoms with E-state index in [2.05, 4.69) is 39.5 Å². The van der Waals surface area contributed by atoms with Crippen molar-refractivity contribution in [2.75, 3.05) is 6.54 Å². The molecular formula is C13H12N2OS. The Morgan fingerprint density at radius 1 is 1.41 bits per heavy atom. The number of isothiocyanates is 1. The number of amides is 1. The summed E-state index contributed by atoms with van der Waals surface area (Å²) in [5.41, 5.74) is 1.68. The van der Waals surface area contributed by atoms with Crippen LogP contribution in [0.1, 0.15) is 18.9 Å². The number of rotatable bonds is 3. The Hall–Kier alpha value is -1.95. The van der Waals surface area contributed by atoms with Gasteiger partial charge in [0.15, 0.2) is 0 Å². The first-order valence-corrected chi connectivity index (χ1v) is 5.54. The first-order chi connectivity index (χ1) is 8.22. The number of nitrogens with one attached hydrogen (secondary N) is 1. The molecule has 0 aliphatic carbocycles. The van der Waals surface area contributed by atoms with Gasteiger partial charge in [0.25, 0.3) is 0 Å². The van der Waals surface area contributed by atoms with Gasteiger partial charge in [-0.15, -0.1) is 0 Å². The van der Waals surface area contributed by atoms with E-state index in [1.54, 1.807) is 0 Å². The molecule has 0 radical (unpaired) electrons. The number of carbonyl (C=O) groups excluding carboxylic acids is 1. The Bertz CT molecular complexity index is 490. The van der Waals surface area contributed by atoms with E-state index < -0.39 is 0 Å². The topological polar surface area (TPSA) is 41.5 Å². The smallest absolute Gasteiger partial charge is 0.216 e. The Balaban J connectivity index is 2.49. The number of carbonyl (C=O) groups is 1. The molecule has 0 aliphatic rings. The first-order valence-electron chi connectivity index (χ1n) is 5.13. The van der Waals surface area contributed by atoms with Gasteiger partial charge in [-0.25, -0.2) is 0 Å². The zero-order chi connectivity index (χ0) is 12.5. The second-order valence-electron chi connectivity index (χ2n) is 3.28. The number of thiocarbonyl (C=S) groups is 1. The fourth-order valence-electron chi connectivity index (χ4n) is 1.14. The fraction of sp³-hybridized carbons (Fsp3) is 0.231. The highest BCUT2D eigenvalue weighted by molar-refractivity contribution is 7.78. The van der Waals surface area contributed by atoms with Crippen LogP contribution in [0.2, 0.25) is 0 Å². The van der Waals surface area contributed by atoms with Crippen LogP contribution in [0.5, 0.6) is 0 Å². The molecule has 86 valence electrons. The van der Waals surface area contributed by atoms with Crippen molar-refractivity contribution >= 4 is 29.0 Å². The summed E-state index contributed by atoms with van der Waals surface area (Å²) in [4.78, 5) is 14.4. The molecule has 0 atom stereocenters. The molecule has 1 amide bonds. The molecule has 3 nitrogen and oxygen atoms in total. The molecule has 0 spiro atoms. The number of hydrogen-bond acceptors (Lipinski definition) is 3. The Kier molecular flexibility index (Phi) is 5.67. The monoisotopic (exact) mass is 244 g/mol. The van der Waals surface area contributed by atoms with Gasteiger partial charge in [0, 0.05) is 25.5 Å². The summed E-state index contributed by atoms with van der Waals surface area (Å²) in [5, 5.41) is 4.99. The first kappa shape index (κ1) is 13.1. The van der Waals surface area contributed by atoms with Gasteiger partial charge in [0.1, 0.15) is 0 Å². The third-order valence-electron chi connectivity index (χ3n) is 1.90. The van der Waals surface area contributed by atoms with Gasteiger partial charge >= 0.3 is 0 Å². The Labute approximate surface area is 106 Å². The molecule has 0 bridgehead atoms. The van der Waals surface area contributed by atoms with Crippen LogP contribution in [0.25, 0.3) is 0 Å². The van der Waals surface area contributed by atoms with Crippen LogP contribution in [-0.2, 0) is 4.79 Å². The fourth-order valence-corrected chi connectivity index (χ4v) is 1.24. The highest BCUT2D eigenvalue weighted by atomic mass is 32.1. The largest absolute Gasteiger partial charge is 0.355 e. The van der Waals surface area contributed by atoms with E-state index in [9.17, 15) is 4.79 Å². The second-order valence-corrected chi connectivity index (χ2v) is 3.47. The molecule has 0 saturated heterocycles. The van der Waals surface area contributed by atoms with E-state index in [0.717, 1.165) is 11.3 Å². The second kappa shape index (κ2) is 7.34. The van der Waals surface area contributed by atoms with Gasteiger partial charge in [-0.2, -0.15) is 4.99 Å². The van der Waals surface area contributed by atoms with Gasteiger partial charge in [-0.05, 0) is 36.5 Å². The lowest BCUT2D eigenvalue weighted by Gasteiger charge is -1.95. The Morgan fingerprint density at radius 2 is 2.12 bits per heavy atom. The van der Waals surface area contributed by atoms with Crippen LogP contribution in [-0.4, -0.2) is 17.6 Å². The maximum atomic E-state index is 10.6. The number of nitrogens with zero attached hydrogens (tertiary/aromatic N) is 1. The summed E-state index contributed by atoms with van der Waals surface area (Å²) in [7, 11) is 0. The number of benzene rings is 1. The predicted octanol–water partition coefficient (Wildman–Crippen LogP) is 2.30. The quantitative estimate of drug-likeness (QED) is 0.383. The van der Waals surface area contributed by atoms with Gasteiger partial charge in [0.2, 0.25) is 5.91 Å². The lowest BCUT2D eigenvalue weighted by atomic mass is 10.2. The van der Waals surface area contributed by atoms with Crippen molar-refractivity contribution in [2.24, 2.45) is 4.99 Å². The molecule has 4 heteroatoms. The van der Waals surface area contributed by atoms with Crippen LogP contribution in [0.3, 0.4) is 0 Å². The molecule has 1 aromatic carbocycles. The summed E-state index contributed by atoms with van der Waals surface area (Å²) < 4.78 is 0. The van der Waals surface area contributed by atoms with Gasteiger partial charge in [-0.1, -0.05) is 11.8 Å². The SMILES string of the molecule is CC(=O)NCCC#Cc1ccc(N=C=S)cc1. The van der Waals surface area contributed by atoms with Crippen molar-refractivity contribution in [3.8, 4) is 11.8 Å². The van der Waals surface area contributed by atoms with Crippen LogP contribution >= 0.6 is 12.2 Å². The molecule has 1 N–H and O–H groups in total. The van der Waals surface area contributed by atoms with E-state index >= 15 is 0 Å². The third kappa shape index (κ3) is 5.62. The summed E-state index contributed by atoms with van der Waals surface area (Å²) in [6.45, 7) is 2.07. The minimum absolute atomic E-state index is 0.0332. The van der Waals surface area contributed by atoms with Gasteiger partial charge in [0.05, 0.1) is 10.8 Å². The molecule has 0 saturated carbocycles. The van der Waals surface area contributed by atoms with Crippen LogP contribution in [0.4, 0.5) is 5.69 Å². The summed E-state index contributed by atoms with van der Waals surface area (Å²) >= 11 is 4.51. The maximum Gasteiger partial charge on any atom is 0.216 e. The van der Waals surface area contributed by atoms with Crippen molar-refractivity contribution in [2.45, 2.75) is 13.3 Å². The molecule has 0 fully saturated rings. The predicted molar refractivity (Wildman–Crippen MR) is 71.3 cm³/mol. The highest BCUT2D eigenvalue weighted by Gasteiger charge is 1.89. The van der Waals surface area contributed by atoms with E-state index in [1.807, 2.05) is 24.3 Å². The summed E-state index contributed by atoms with van der Waals surface area (Å²) in [5.74, 6) is 5.94. The van der Waals surface area contributed by atoms with Crippen molar-refractivity contribution in [3.63, 3.8) is 0 Å². The van der Waals surface area contributed by atoms with Crippen molar-refractivity contribution in [3.05, 3.63) is 29.8 Å². The molecule has 0 heterocycles. The van der Waals surface area contributed by atoms with E-state index in [-0.39, 0.29) is 5.91 Å². The Morgan fingerprint density at radius 3 is 2.71 bits per heavy atom. The lowest BCUT2D eigenvalue weighted by Crippen LogP contribution is -2.20. The zero-order valence-corrected chi connectivity index (χ0v) is 10.3. The van der Waals surface area contributed by atoms with Gasteiger partial charge in [-0.3, -0.25) is 4.79 Å².